The third-order valence-corrected chi connectivity index (χ3v) is 2.49. The van der Waals surface area contributed by atoms with E-state index < -0.39 is 24.6 Å². The highest BCUT2D eigenvalue weighted by molar-refractivity contribution is 5.82. The fourth-order valence-electron chi connectivity index (χ4n) is 1.21. The number of aliphatic hydroxyl groups excluding tert-OH is 1. The largest absolute Gasteiger partial charge is 0.480 e. The molecule has 0 saturated heterocycles. The van der Waals surface area contributed by atoms with Crippen molar-refractivity contribution < 1.29 is 19.8 Å². The second-order valence-corrected chi connectivity index (χ2v) is 3.61. The molecule has 94 valence electrons. The summed E-state index contributed by atoms with van der Waals surface area (Å²) in [5, 5.41) is 22.0. The fraction of sp³-hybridized carbons (Fsp3) is 0.800. The van der Waals surface area contributed by atoms with Gasteiger partial charge in [-0.25, -0.2) is 9.59 Å². The molecule has 0 aromatic heterocycles. The van der Waals surface area contributed by atoms with E-state index in [1.807, 2.05) is 13.8 Å². The molecule has 4 N–H and O–H groups in total. The molecule has 2 amide bonds. The first-order valence-corrected chi connectivity index (χ1v) is 5.43. The molecule has 0 radical (unpaired) electrons. The molecule has 0 aromatic carbocycles. The highest BCUT2D eigenvalue weighted by Crippen LogP contribution is 2.04. The lowest BCUT2D eigenvalue weighted by molar-refractivity contribution is -0.140. The van der Waals surface area contributed by atoms with Crippen LogP contribution in [0.5, 0.6) is 0 Å². The molecule has 1 atom stereocenters. The number of rotatable bonds is 7. The van der Waals surface area contributed by atoms with Crippen LogP contribution in [0.2, 0.25) is 0 Å². The summed E-state index contributed by atoms with van der Waals surface area (Å²) in [4.78, 5) is 21.8. The molecule has 16 heavy (non-hydrogen) atoms. The van der Waals surface area contributed by atoms with E-state index >= 15 is 0 Å². The van der Waals surface area contributed by atoms with E-state index in [1.54, 1.807) is 0 Å². The van der Waals surface area contributed by atoms with E-state index in [-0.39, 0.29) is 0 Å². The Morgan fingerprint density at radius 2 is 1.81 bits per heavy atom. The number of aliphatic hydroxyl groups is 1. The van der Waals surface area contributed by atoms with Crippen molar-refractivity contribution in [1.29, 1.82) is 0 Å². The van der Waals surface area contributed by atoms with Gasteiger partial charge in [0.2, 0.25) is 0 Å². The second-order valence-electron chi connectivity index (χ2n) is 3.61. The van der Waals surface area contributed by atoms with E-state index in [4.69, 9.17) is 10.2 Å². The molecular weight excluding hydrogens is 212 g/mol. The summed E-state index contributed by atoms with van der Waals surface area (Å²) in [5.74, 6) is -0.858. The Labute approximate surface area is 95.0 Å². The number of carboxylic acids is 1. The monoisotopic (exact) mass is 232 g/mol. The Bertz CT molecular complexity index is 229. The average Bonchev–Trinajstić information content (AvgIpc) is 2.26. The van der Waals surface area contributed by atoms with Gasteiger partial charge in [-0.1, -0.05) is 26.7 Å². The lowest BCUT2D eigenvalue weighted by atomic mass is 10.0. The molecule has 0 bridgehead atoms. The van der Waals surface area contributed by atoms with Gasteiger partial charge in [0, 0.05) is 6.54 Å². The molecule has 6 nitrogen and oxygen atoms in total. The standard InChI is InChI=1S/C10H20N2O4/c1-3-7(4-2)5-11-10(16)12-8(6-13)9(14)15/h7-8,13H,3-6H2,1-2H3,(H,14,15)(H2,11,12,16). The Morgan fingerprint density at radius 3 is 2.19 bits per heavy atom. The van der Waals surface area contributed by atoms with Crippen LogP contribution in [0.1, 0.15) is 26.7 Å². The van der Waals surface area contributed by atoms with Crippen molar-refractivity contribution >= 4 is 12.0 Å². The summed E-state index contributed by atoms with van der Waals surface area (Å²) < 4.78 is 0. The lowest BCUT2D eigenvalue weighted by Gasteiger charge is -2.16. The van der Waals surface area contributed by atoms with Crippen molar-refractivity contribution in [2.45, 2.75) is 32.7 Å². The predicted octanol–water partition coefficient (Wildman–Crippen LogP) is 0.167. The molecular formula is C10H20N2O4. The molecule has 0 rings (SSSR count). The second kappa shape index (κ2) is 7.92. The fourth-order valence-corrected chi connectivity index (χ4v) is 1.21. The van der Waals surface area contributed by atoms with Gasteiger partial charge < -0.3 is 20.8 Å². The highest BCUT2D eigenvalue weighted by Gasteiger charge is 2.18. The number of carboxylic acid groups (broad SMARTS) is 1. The van der Waals surface area contributed by atoms with Gasteiger partial charge in [-0.05, 0) is 5.92 Å². The molecule has 0 aliphatic rings. The molecule has 0 aromatic rings. The van der Waals surface area contributed by atoms with Crippen LogP contribution in [0.3, 0.4) is 0 Å². The molecule has 0 heterocycles. The summed E-state index contributed by atoms with van der Waals surface area (Å²) in [6.07, 6.45) is 1.91. The third kappa shape index (κ3) is 5.55. The smallest absolute Gasteiger partial charge is 0.328 e. The summed E-state index contributed by atoms with van der Waals surface area (Å²) in [5.41, 5.74) is 0. The molecule has 0 spiro atoms. The topological polar surface area (TPSA) is 98.7 Å². The van der Waals surface area contributed by atoms with Crippen molar-refractivity contribution in [2.75, 3.05) is 13.2 Å². The number of hydrogen-bond acceptors (Lipinski definition) is 3. The zero-order valence-corrected chi connectivity index (χ0v) is 9.69. The van der Waals surface area contributed by atoms with E-state index in [2.05, 4.69) is 10.6 Å². The van der Waals surface area contributed by atoms with Crippen molar-refractivity contribution in [2.24, 2.45) is 5.92 Å². The van der Waals surface area contributed by atoms with E-state index in [9.17, 15) is 9.59 Å². The van der Waals surface area contributed by atoms with Crippen LogP contribution >= 0.6 is 0 Å². The Hall–Kier alpha value is -1.30. The minimum Gasteiger partial charge on any atom is -0.480 e. The van der Waals surface area contributed by atoms with Gasteiger partial charge in [0.1, 0.15) is 0 Å². The molecule has 6 heteroatoms. The molecule has 0 aliphatic carbocycles. The van der Waals surface area contributed by atoms with Gasteiger partial charge in [0.05, 0.1) is 6.61 Å². The van der Waals surface area contributed by atoms with Gasteiger partial charge in [-0.3, -0.25) is 0 Å². The first kappa shape index (κ1) is 14.7. The first-order chi connectivity index (χ1) is 7.54. The van der Waals surface area contributed by atoms with Crippen LogP contribution in [0.15, 0.2) is 0 Å². The van der Waals surface area contributed by atoms with Crippen LogP contribution in [-0.2, 0) is 4.79 Å². The van der Waals surface area contributed by atoms with Crippen molar-refractivity contribution in [1.82, 2.24) is 10.6 Å². The van der Waals surface area contributed by atoms with Gasteiger partial charge in [0.15, 0.2) is 6.04 Å². The normalized spacial score (nSPS) is 12.2. The van der Waals surface area contributed by atoms with Crippen LogP contribution in [0.4, 0.5) is 4.79 Å². The number of carbonyl (C=O) groups excluding carboxylic acids is 1. The summed E-state index contributed by atoms with van der Waals surface area (Å²) >= 11 is 0. The van der Waals surface area contributed by atoms with E-state index in [0.29, 0.717) is 12.5 Å². The van der Waals surface area contributed by atoms with Gasteiger partial charge in [-0.2, -0.15) is 0 Å². The maximum atomic E-state index is 11.3. The predicted molar refractivity (Wildman–Crippen MR) is 59.1 cm³/mol. The van der Waals surface area contributed by atoms with Crippen LogP contribution in [0.25, 0.3) is 0 Å². The van der Waals surface area contributed by atoms with Crippen LogP contribution in [0, 0.1) is 5.92 Å². The van der Waals surface area contributed by atoms with Crippen molar-refractivity contribution in [3.63, 3.8) is 0 Å². The van der Waals surface area contributed by atoms with Crippen molar-refractivity contribution in [3.05, 3.63) is 0 Å². The molecule has 0 fully saturated rings. The number of carbonyl (C=O) groups is 2. The molecule has 0 saturated carbocycles. The quantitative estimate of drug-likeness (QED) is 0.502. The molecule has 1 unspecified atom stereocenters. The van der Waals surface area contributed by atoms with Gasteiger partial charge in [0.25, 0.3) is 0 Å². The Balaban J connectivity index is 3.93. The summed E-state index contributed by atoms with van der Waals surface area (Å²) in [6, 6.07) is -1.81. The Kier molecular flexibility index (Phi) is 7.28. The summed E-state index contributed by atoms with van der Waals surface area (Å²) in [6.45, 7) is 3.95. The zero-order valence-electron chi connectivity index (χ0n) is 9.69. The number of amides is 2. The first-order valence-electron chi connectivity index (χ1n) is 5.43. The zero-order chi connectivity index (χ0) is 12.6. The highest BCUT2D eigenvalue weighted by atomic mass is 16.4. The minimum absolute atomic E-state index is 0.392. The van der Waals surface area contributed by atoms with E-state index in [0.717, 1.165) is 12.8 Å². The van der Waals surface area contributed by atoms with Crippen molar-refractivity contribution in [3.8, 4) is 0 Å². The molecule has 0 aliphatic heterocycles. The maximum absolute atomic E-state index is 11.3. The average molecular weight is 232 g/mol. The van der Waals surface area contributed by atoms with Gasteiger partial charge in [-0.15, -0.1) is 0 Å². The summed E-state index contributed by atoms with van der Waals surface area (Å²) in [7, 11) is 0. The number of hydrogen-bond donors (Lipinski definition) is 4. The van der Waals surface area contributed by atoms with Crippen LogP contribution in [-0.4, -0.2) is 41.4 Å². The number of nitrogens with one attached hydrogen (secondary N) is 2. The number of aliphatic carboxylic acids is 1. The SMILES string of the molecule is CCC(CC)CNC(=O)NC(CO)C(=O)O. The minimum atomic E-state index is -1.25. The van der Waals surface area contributed by atoms with E-state index in [1.165, 1.54) is 0 Å². The number of urea groups is 1. The third-order valence-electron chi connectivity index (χ3n) is 2.49. The van der Waals surface area contributed by atoms with Gasteiger partial charge >= 0.3 is 12.0 Å². The maximum Gasteiger partial charge on any atom is 0.328 e. The lowest BCUT2D eigenvalue weighted by Crippen LogP contribution is -2.48. The Morgan fingerprint density at radius 1 is 1.25 bits per heavy atom. The van der Waals surface area contributed by atoms with Crippen LogP contribution < -0.4 is 10.6 Å².